The maximum atomic E-state index is 7.79. The second-order valence-electron chi connectivity index (χ2n) is 0.845. The van der Waals surface area contributed by atoms with Crippen LogP contribution in [0.5, 0.6) is 0 Å². The zero-order chi connectivity index (χ0) is 6.57. The van der Waals surface area contributed by atoms with Crippen LogP contribution in [-0.4, -0.2) is 34.7 Å². The van der Waals surface area contributed by atoms with Gasteiger partial charge >= 0.3 is 117 Å². The summed E-state index contributed by atoms with van der Waals surface area (Å²) in [4.78, 5) is 6.83. The van der Waals surface area contributed by atoms with Gasteiger partial charge in [-0.2, -0.15) is 0 Å². The largest absolute Gasteiger partial charge is 1.00 e. The first-order valence-corrected chi connectivity index (χ1v) is 1.67. The third-order valence-corrected chi connectivity index (χ3v) is 0.228. The van der Waals surface area contributed by atoms with Crippen molar-refractivity contribution < 1.29 is 135 Å². The van der Waals surface area contributed by atoms with Crippen molar-refractivity contribution in [1.82, 2.24) is 0 Å². The zero-order valence-corrected chi connectivity index (χ0v) is 12.0. The fraction of sp³-hybridized carbons (Fsp3) is 0. The second-order valence-corrected chi connectivity index (χ2v) is 0.845. The molecule has 0 bridgehead atoms. The summed E-state index contributed by atoms with van der Waals surface area (Å²) in [5.41, 5.74) is 0. The van der Waals surface area contributed by atoms with Gasteiger partial charge in [0.25, 0.3) is 0 Å². The van der Waals surface area contributed by atoms with Crippen LogP contribution in [0.1, 0.15) is 2.85 Å². The summed E-state index contributed by atoms with van der Waals surface area (Å²) in [7, 11) is -4.31. The van der Waals surface area contributed by atoms with Crippen molar-refractivity contribution in [3.05, 3.63) is 0 Å². The Hall–Kier alpha value is 3.16. The van der Waals surface area contributed by atoms with Gasteiger partial charge in [0.05, 0.1) is 0 Å². The molecule has 6 nitrogen and oxygen atoms in total. The van der Waals surface area contributed by atoms with Gasteiger partial charge in [0.15, 0.2) is 0 Å². The minimum absolute atomic E-state index is 0. The van der Waals surface area contributed by atoms with E-state index < -0.39 is 14.6 Å². The first-order valence-electron chi connectivity index (χ1n) is 1.67. The molecule has 0 aromatic heterocycles. The van der Waals surface area contributed by atoms with Crippen LogP contribution < -0.4 is 103 Å². The molecule has 0 aliphatic rings. The molecule has 0 aromatic rings. The van der Waals surface area contributed by atoms with Crippen LogP contribution in [0.25, 0.3) is 0 Å². The molecular weight excluding hydrogens is 196 g/mol. The van der Waals surface area contributed by atoms with E-state index in [1.807, 2.05) is 0 Å². The summed E-state index contributed by atoms with van der Waals surface area (Å²) in [5.74, 6) is 0. The molecule has 0 saturated heterocycles. The number of hydrogen-bond donors (Lipinski definition) is 4. The Kier molecular flexibility index (Phi) is 22.9. The summed E-state index contributed by atoms with van der Waals surface area (Å²) >= 11 is 0. The van der Waals surface area contributed by atoms with E-state index in [-0.39, 0.29) is 106 Å². The van der Waals surface area contributed by atoms with Gasteiger partial charge in [-0.25, -0.2) is 9.61 Å². The van der Waals surface area contributed by atoms with Gasteiger partial charge in [0.2, 0.25) is 0 Å². The van der Waals surface area contributed by atoms with E-state index in [1.54, 1.807) is 0 Å². The van der Waals surface area contributed by atoms with E-state index in [4.69, 9.17) is 20.1 Å². The summed E-state index contributed by atoms with van der Waals surface area (Å²) in [6.45, 7) is 0. The van der Waals surface area contributed by atoms with Crippen LogP contribution >= 0.6 is 0 Å². The minimum atomic E-state index is -2.16. The van der Waals surface area contributed by atoms with Crippen LogP contribution in [0.4, 0.5) is 0 Å². The zero-order valence-electron chi connectivity index (χ0n) is 7.76. The molecular formula is H6B2K2O6. The Morgan fingerprint density at radius 2 is 1.00 bits per heavy atom. The van der Waals surface area contributed by atoms with Crippen molar-refractivity contribution in [2.24, 2.45) is 0 Å². The normalized spacial score (nSPS) is 7.20. The maximum Gasteiger partial charge on any atom is 1.00 e. The molecule has 0 aromatic carbocycles. The molecule has 0 aliphatic heterocycles. The number of hydrogen-bond acceptors (Lipinski definition) is 6. The summed E-state index contributed by atoms with van der Waals surface area (Å²) in [6.07, 6.45) is 0. The van der Waals surface area contributed by atoms with E-state index in [9.17, 15) is 0 Å². The van der Waals surface area contributed by atoms with Crippen molar-refractivity contribution in [1.29, 1.82) is 0 Å². The van der Waals surface area contributed by atoms with E-state index in [2.05, 4.69) is 9.61 Å². The minimum Gasteiger partial charge on any atom is -1.00 e. The number of rotatable bonds is 3. The third kappa shape index (κ3) is 17.3. The maximum absolute atomic E-state index is 7.79. The van der Waals surface area contributed by atoms with Crippen molar-refractivity contribution in [2.75, 3.05) is 0 Å². The Balaban J connectivity index is -0.0000000408. The molecule has 10 heteroatoms. The Bertz CT molecular complexity index is 57.5. The van der Waals surface area contributed by atoms with Gasteiger partial charge < -0.3 is 22.9 Å². The van der Waals surface area contributed by atoms with Gasteiger partial charge in [-0.15, -0.1) is 0 Å². The fourth-order valence-corrected chi connectivity index (χ4v) is 0.0994. The topological polar surface area (TPSA) is 99.4 Å². The average molecular weight is 202 g/mol. The molecule has 0 unspecified atom stereocenters. The monoisotopic (exact) mass is 202 g/mol. The Morgan fingerprint density at radius 3 is 1.10 bits per heavy atom. The van der Waals surface area contributed by atoms with Crippen molar-refractivity contribution in [3.8, 4) is 0 Å². The van der Waals surface area contributed by atoms with E-state index >= 15 is 0 Å². The average Bonchev–Trinajstić information content (AvgIpc) is 1.61. The second kappa shape index (κ2) is 12.2. The van der Waals surface area contributed by atoms with Crippen LogP contribution in [0, 0.1) is 0 Å². The molecule has 0 atom stereocenters. The standard InChI is InChI=1S/B2H4O6.2K.2H/c3-1(4)7-8-2(5)6;;;;/h3-6H;;;;/q;2*+1;2*-1. The van der Waals surface area contributed by atoms with Gasteiger partial charge in [0.1, 0.15) is 0 Å². The quantitative estimate of drug-likeness (QED) is 0.206. The van der Waals surface area contributed by atoms with Gasteiger partial charge in [-0.3, -0.25) is 0 Å². The molecule has 10 heavy (non-hydrogen) atoms. The smallest absolute Gasteiger partial charge is 1.00 e. The van der Waals surface area contributed by atoms with Gasteiger partial charge in [-0.05, 0) is 0 Å². The summed E-state index contributed by atoms with van der Waals surface area (Å²) in [5, 5.41) is 31.1. The first kappa shape index (κ1) is 18.9. The molecule has 0 saturated carbocycles. The van der Waals surface area contributed by atoms with E-state index in [0.29, 0.717) is 0 Å². The molecule has 0 rings (SSSR count). The van der Waals surface area contributed by atoms with E-state index in [0.717, 1.165) is 0 Å². The molecule has 0 amide bonds. The molecule has 0 heterocycles. The van der Waals surface area contributed by atoms with Crippen molar-refractivity contribution in [2.45, 2.75) is 0 Å². The molecule has 0 fully saturated rings. The van der Waals surface area contributed by atoms with Crippen molar-refractivity contribution >= 4 is 14.6 Å². The van der Waals surface area contributed by atoms with Crippen LogP contribution in [0.2, 0.25) is 0 Å². The molecule has 50 valence electrons. The van der Waals surface area contributed by atoms with E-state index in [1.165, 1.54) is 0 Å². The first-order chi connectivity index (χ1) is 3.63. The SMILES string of the molecule is OB(O)OOB(O)O.[H-].[H-].[K+].[K+]. The summed E-state index contributed by atoms with van der Waals surface area (Å²) < 4.78 is 0. The predicted octanol–water partition coefficient (Wildman–Crippen LogP) is -8.89. The molecule has 0 radical (unpaired) electrons. The third-order valence-electron chi connectivity index (χ3n) is 0.228. The van der Waals surface area contributed by atoms with Crippen molar-refractivity contribution in [3.63, 3.8) is 0 Å². The molecule has 0 spiro atoms. The van der Waals surface area contributed by atoms with Crippen LogP contribution in [-0.2, 0) is 9.61 Å². The molecule has 4 N–H and O–H groups in total. The Morgan fingerprint density at radius 1 is 0.800 bits per heavy atom. The predicted molar refractivity (Wildman–Crippen MR) is 24.8 cm³/mol. The Labute approximate surface area is 146 Å². The van der Waals surface area contributed by atoms with Crippen LogP contribution in [0.15, 0.2) is 0 Å². The van der Waals surface area contributed by atoms with Gasteiger partial charge in [0, 0.05) is 0 Å². The molecule has 0 aliphatic carbocycles. The van der Waals surface area contributed by atoms with Crippen LogP contribution in [0.3, 0.4) is 0 Å². The fourth-order valence-electron chi connectivity index (χ4n) is 0.0994. The summed E-state index contributed by atoms with van der Waals surface area (Å²) in [6, 6.07) is 0. The van der Waals surface area contributed by atoms with Gasteiger partial charge in [-0.1, -0.05) is 0 Å².